The molecule has 4 rings (SSSR count). The molecule has 1 N–H and O–H groups in total. The van der Waals surface area contributed by atoms with E-state index in [2.05, 4.69) is 22.7 Å². The van der Waals surface area contributed by atoms with Gasteiger partial charge in [-0.05, 0) is 0 Å². The quantitative estimate of drug-likeness (QED) is 0.904. The molecule has 0 spiro atoms. The third-order valence-electron chi connectivity index (χ3n) is 3.24. The van der Waals surface area contributed by atoms with Gasteiger partial charge >= 0.3 is 0 Å². The van der Waals surface area contributed by atoms with Gasteiger partial charge in [-0.2, -0.15) is 5.10 Å². The van der Waals surface area contributed by atoms with Gasteiger partial charge in [-0.1, -0.05) is 24.3 Å². The Labute approximate surface area is 120 Å². The molecule has 3 heterocycles. The molecule has 1 aromatic rings. The molecule has 1 aliphatic carbocycles. The maximum atomic E-state index is 5.88. The van der Waals surface area contributed by atoms with Crippen molar-refractivity contribution < 1.29 is 9.47 Å². The Kier molecular flexibility index (Phi) is 2.74. The van der Waals surface area contributed by atoms with Crippen molar-refractivity contribution in [1.29, 1.82) is 0 Å². The van der Waals surface area contributed by atoms with E-state index in [4.69, 9.17) is 9.47 Å². The maximum Gasteiger partial charge on any atom is 0.172 e. The standard InChI is InChI=1S/C14H13N3O2S/c1-2-4-10(3-1)12-5-15-17(16-12)6-11-7-18-13-8-20-9-14(13)19-11/h1-5,8-9,11,16H,6-7H2. The Hall–Kier alpha value is -2.21. The topological polar surface area (TPSA) is 46.1 Å². The number of nitrogens with zero attached hydrogens (tertiary/aromatic N) is 2. The lowest BCUT2D eigenvalue weighted by Crippen LogP contribution is -2.42. The summed E-state index contributed by atoms with van der Waals surface area (Å²) >= 11 is 1.59. The van der Waals surface area contributed by atoms with E-state index in [9.17, 15) is 0 Å². The molecular formula is C14H13N3O2S. The highest BCUT2D eigenvalue weighted by molar-refractivity contribution is 7.08. The van der Waals surface area contributed by atoms with Crippen molar-refractivity contribution in [1.82, 2.24) is 10.5 Å². The van der Waals surface area contributed by atoms with Crippen LogP contribution in [0.1, 0.15) is 0 Å². The van der Waals surface area contributed by atoms with Crippen LogP contribution in [0.2, 0.25) is 0 Å². The largest absolute Gasteiger partial charge is 0.485 e. The second-order valence-corrected chi connectivity index (χ2v) is 5.42. The molecule has 0 aromatic carbocycles. The highest BCUT2D eigenvalue weighted by Crippen LogP contribution is 2.35. The second-order valence-electron chi connectivity index (χ2n) is 4.68. The molecule has 0 saturated carbocycles. The molecule has 0 saturated heterocycles. The van der Waals surface area contributed by atoms with E-state index >= 15 is 0 Å². The normalized spacial score (nSPS) is 22.8. The molecule has 0 bridgehead atoms. The van der Waals surface area contributed by atoms with Gasteiger partial charge in [0.25, 0.3) is 0 Å². The molecule has 1 unspecified atom stereocenters. The molecule has 3 aliphatic rings. The van der Waals surface area contributed by atoms with Crippen molar-refractivity contribution in [2.75, 3.05) is 13.2 Å². The Morgan fingerprint density at radius 3 is 3.05 bits per heavy atom. The van der Waals surface area contributed by atoms with Crippen molar-refractivity contribution in [2.45, 2.75) is 6.10 Å². The molecule has 1 aromatic heterocycles. The zero-order valence-electron chi connectivity index (χ0n) is 10.7. The van der Waals surface area contributed by atoms with Crippen LogP contribution in [0.15, 0.2) is 51.4 Å². The summed E-state index contributed by atoms with van der Waals surface area (Å²) < 4.78 is 11.5. The summed E-state index contributed by atoms with van der Waals surface area (Å²) in [6, 6.07) is 0. The zero-order chi connectivity index (χ0) is 13.4. The Bertz CT molecular complexity index is 631. The maximum absolute atomic E-state index is 5.88. The smallest absolute Gasteiger partial charge is 0.172 e. The van der Waals surface area contributed by atoms with Crippen molar-refractivity contribution in [2.24, 2.45) is 5.10 Å². The molecular weight excluding hydrogens is 274 g/mol. The van der Waals surface area contributed by atoms with Gasteiger partial charge in [0.2, 0.25) is 0 Å². The number of allylic oxidation sites excluding steroid dienone is 6. The molecule has 20 heavy (non-hydrogen) atoms. The Morgan fingerprint density at radius 1 is 1.30 bits per heavy atom. The number of hydrazone groups is 1. The van der Waals surface area contributed by atoms with Crippen LogP contribution in [0.25, 0.3) is 0 Å². The zero-order valence-corrected chi connectivity index (χ0v) is 11.5. The Balaban J connectivity index is 1.40. The third-order valence-corrected chi connectivity index (χ3v) is 3.94. The van der Waals surface area contributed by atoms with E-state index in [1.54, 1.807) is 16.5 Å². The minimum atomic E-state index is -0.0271. The van der Waals surface area contributed by atoms with Crippen LogP contribution in [0, 0.1) is 0 Å². The lowest BCUT2D eigenvalue weighted by Gasteiger charge is -2.27. The van der Waals surface area contributed by atoms with E-state index in [1.807, 2.05) is 29.1 Å². The van der Waals surface area contributed by atoms with Crippen molar-refractivity contribution in [3.05, 3.63) is 46.3 Å². The van der Waals surface area contributed by atoms with Gasteiger partial charge in [0.05, 0.1) is 18.5 Å². The summed E-state index contributed by atoms with van der Waals surface area (Å²) in [5, 5.41) is 10.0. The monoisotopic (exact) mass is 287 g/mol. The number of fused-ring (bicyclic) bond motifs is 1. The van der Waals surface area contributed by atoms with Crippen LogP contribution in [-0.2, 0) is 0 Å². The predicted molar refractivity (Wildman–Crippen MR) is 77.9 cm³/mol. The van der Waals surface area contributed by atoms with Gasteiger partial charge < -0.3 is 9.47 Å². The van der Waals surface area contributed by atoms with Crippen LogP contribution < -0.4 is 14.9 Å². The summed E-state index contributed by atoms with van der Waals surface area (Å²) in [5.41, 5.74) is 5.39. The SMILES string of the molecule is C1=CC(=C2C=NN(CC3COc4cscc4O3)N2)C=C1. The van der Waals surface area contributed by atoms with Crippen LogP contribution in [0.3, 0.4) is 0 Å². The van der Waals surface area contributed by atoms with Gasteiger partial charge in [0.15, 0.2) is 17.6 Å². The molecule has 5 nitrogen and oxygen atoms in total. The summed E-state index contributed by atoms with van der Waals surface area (Å²) in [5.74, 6) is 1.67. The third kappa shape index (κ3) is 2.08. The average Bonchev–Trinajstić information content (AvgIpc) is 3.19. The van der Waals surface area contributed by atoms with Crippen LogP contribution in [0.5, 0.6) is 11.5 Å². The average molecular weight is 287 g/mol. The second kappa shape index (κ2) is 4.72. The first-order valence-corrected chi connectivity index (χ1v) is 7.35. The number of nitrogens with one attached hydrogen (secondary N) is 1. The predicted octanol–water partition coefficient (Wildman–Crippen LogP) is 2.07. The lowest BCUT2D eigenvalue weighted by molar-refractivity contribution is 0.0522. The van der Waals surface area contributed by atoms with Gasteiger partial charge in [-0.15, -0.1) is 11.3 Å². The first-order valence-electron chi connectivity index (χ1n) is 6.41. The van der Waals surface area contributed by atoms with Crippen LogP contribution >= 0.6 is 11.3 Å². The van der Waals surface area contributed by atoms with Crippen molar-refractivity contribution in [3.8, 4) is 11.5 Å². The first-order chi connectivity index (χ1) is 9.88. The summed E-state index contributed by atoms with van der Waals surface area (Å²) in [6.07, 6.45) is 9.93. The Morgan fingerprint density at radius 2 is 2.15 bits per heavy atom. The number of rotatable bonds is 2. The van der Waals surface area contributed by atoms with Crippen molar-refractivity contribution in [3.63, 3.8) is 0 Å². The number of hydrogen-bond acceptors (Lipinski definition) is 6. The fourth-order valence-electron chi connectivity index (χ4n) is 2.25. The van der Waals surface area contributed by atoms with Gasteiger partial charge in [0.1, 0.15) is 6.61 Å². The summed E-state index contributed by atoms with van der Waals surface area (Å²) in [7, 11) is 0. The summed E-state index contributed by atoms with van der Waals surface area (Å²) in [6.45, 7) is 1.18. The van der Waals surface area contributed by atoms with Gasteiger partial charge in [-0.25, -0.2) is 5.12 Å². The van der Waals surface area contributed by atoms with Crippen LogP contribution in [0.4, 0.5) is 0 Å². The molecule has 102 valence electrons. The minimum Gasteiger partial charge on any atom is -0.485 e. The fourth-order valence-corrected chi connectivity index (χ4v) is 2.92. The number of hydrogen-bond donors (Lipinski definition) is 1. The van der Waals surface area contributed by atoms with E-state index in [-0.39, 0.29) is 6.10 Å². The lowest BCUT2D eigenvalue weighted by atomic mass is 10.2. The van der Waals surface area contributed by atoms with E-state index in [0.29, 0.717) is 13.2 Å². The van der Waals surface area contributed by atoms with E-state index in [0.717, 1.165) is 22.8 Å². The molecule has 1 atom stereocenters. The number of hydrazine groups is 1. The molecule has 0 radical (unpaired) electrons. The number of thiophene rings is 1. The first kappa shape index (κ1) is 11.6. The van der Waals surface area contributed by atoms with Gasteiger partial charge in [0, 0.05) is 16.3 Å². The fraction of sp³-hybridized carbons (Fsp3) is 0.214. The van der Waals surface area contributed by atoms with E-state index < -0.39 is 0 Å². The van der Waals surface area contributed by atoms with Gasteiger partial charge in [-0.3, -0.25) is 5.43 Å². The highest BCUT2D eigenvalue weighted by Gasteiger charge is 2.25. The van der Waals surface area contributed by atoms with Crippen LogP contribution in [-0.4, -0.2) is 30.6 Å². The summed E-state index contributed by atoms with van der Waals surface area (Å²) in [4.78, 5) is 0. The minimum absolute atomic E-state index is 0.0271. The van der Waals surface area contributed by atoms with Crippen molar-refractivity contribution >= 4 is 17.6 Å². The molecule has 0 amide bonds. The van der Waals surface area contributed by atoms with E-state index in [1.165, 1.54) is 0 Å². The molecule has 2 aliphatic heterocycles. The number of ether oxygens (including phenoxy) is 2. The highest BCUT2D eigenvalue weighted by atomic mass is 32.1. The molecule has 6 heteroatoms. The molecule has 0 fully saturated rings.